The lowest BCUT2D eigenvalue weighted by Crippen LogP contribution is -2.51. The zero-order valence-electron chi connectivity index (χ0n) is 16.9. The van der Waals surface area contributed by atoms with Gasteiger partial charge in [0.15, 0.2) is 8.32 Å². The van der Waals surface area contributed by atoms with Gasteiger partial charge in [0.05, 0.1) is 7.11 Å². The van der Waals surface area contributed by atoms with Gasteiger partial charge < -0.3 is 14.5 Å². The molecule has 1 rings (SSSR count). The lowest BCUT2D eigenvalue weighted by molar-refractivity contribution is -0.527. The van der Waals surface area contributed by atoms with Gasteiger partial charge >= 0.3 is 6.09 Å². The van der Waals surface area contributed by atoms with E-state index in [1.165, 1.54) is 7.11 Å². The molecule has 0 bridgehead atoms. The lowest BCUT2D eigenvalue weighted by atomic mass is 10.1. The summed E-state index contributed by atoms with van der Waals surface area (Å²) in [5.41, 5.74) is 0.876. The number of amides is 1. The highest BCUT2D eigenvalue weighted by Crippen LogP contribution is 2.36. The van der Waals surface area contributed by atoms with Crippen LogP contribution in [0.4, 0.5) is 4.79 Å². The van der Waals surface area contributed by atoms with Crippen LogP contribution in [0.1, 0.15) is 26.3 Å². The minimum absolute atomic E-state index is 0.0701. The molecule has 1 amide bonds. The van der Waals surface area contributed by atoms with Gasteiger partial charge in [0.2, 0.25) is 0 Å². The van der Waals surface area contributed by atoms with Crippen LogP contribution in [0.2, 0.25) is 18.1 Å². The summed E-state index contributed by atoms with van der Waals surface area (Å²) in [5.74, 6) is 0. The Morgan fingerprint density at radius 2 is 1.89 bits per heavy atom. The first-order valence-corrected chi connectivity index (χ1v) is 11.7. The largest absolute Gasteiger partial charge is 0.453 e. The molecular weight excluding hydrogens is 364 g/mol. The molecule has 0 radical (unpaired) electrons. The third kappa shape index (κ3) is 7.14. The van der Waals surface area contributed by atoms with Gasteiger partial charge in [-0.05, 0) is 23.7 Å². The third-order valence-electron chi connectivity index (χ3n) is 4.87. The Bertz CT molecular complexity index is 656. The molecule has 0 unspecified atom stereocenters. The molecule has 0 saturated carbocycles. The van der Waals surface area contributed by atoms with Gasteiger partial charge in [-0.3, -0.25) is 10.1 Å². The van der Waals surface area contributed by atoms with Crippen molar-refractivity contribution in [2.75, 3.05) is 13.7 Å². The van der Waals surface area contributed by atoms with Crippen molar-refractivity contribution in [3.8, 4) is 0 Å². The number of hydrogen-bond acceptors (Lipinski definition) is 5. The molecule has 2 atom stereocenters. The SMILES string of the molecule is COC(=O)N[C@H](/C=C/c1ccccc1)[C@H](CO[Si](C)(C)C(C)(C)C)[N+](=O)[O-]. The number of nitrogens with zero attached hydrogens (tertiary/aromatic N) is 1. The van der Waals surface area contributed by atoms with E-state index in [9.17, 15) is 14.9 Å². The topological polar surface area (TPSA) is 90.7 Å². The average molecular weight is 395 g/mol. The molecule has 0 aliphatic rings. The Morgan fingerprint density at radius 3 is 2.37 bits per heavy atom. The van der Waals surface area contributed by atoms with Crippen molar-refractivity contribution < 1.29 is 18.9 Å². The highest BCUT2D eigenvalue weighted by molar-refractivity contribution is 6.74. The van der Waals surface area contributed by atoms with Gasteiger partial charge in [0.1, 0.15) is 12.6 Å². The number of alkyl carbamates (subject to hydrolysis) is 1. The molecule has 0 heterocycles. The molecule has 0 spiro atoms. The monoisotopic (exact) mass is 394 g/mol. The number of benzene rings is 1. The number of methoxy groups -OCH3 is 1. The van der Waals surface area contributed by atoms with Gasteiger partial charge in [-0.1, -0.05) is 63.3 Å². The van der Waals surface area contributed by atoms with Crippen LogP contribution in [0.3, 0.4) is 0 Å². The summed E-state index contributed by atoms with van der Waals surface area (Å²) >= 11 is 0. The second-order valence-corrected chi connectivity index (χ2v) is 12.7. The van der Waals surface area contributed by atoms with Crippen LogP contribution in [-0.2, 0) is 9.16 Å². The molecule has 0 saturated heterocycles. The van der Waals surface area contributed by atoms with Gasteiger partial charge in [-0.15, -0.1) is 0 Å². The summed E-state index contributed by atoms with van der Waals surface area (Å²) < 4.78 is 10.7. The molecule has 27 heavy (non-hydrogen) atoms. The third-order valence-corrected chi connectivity index (χ3v) is 9.37. The van der Waals surface area contributed by atoms with Crippen molar-refractivity contribution in [1.29, 1.82) is 0 Å². The Hall–Kier alpha value is -2.19. The van der Waals surface area contributed by atoms with Gasteiger partial charge in [-0.25, -0.2) is 4.79 Å². The predicted molar refractivity (Wildman–Crippen MR) is 109 cm³/mol. The summed E-state index contributed by atoms with van der Waals surface area (Å²) in [6.45, 7) is 10.2. The molecule has 0 aliphatic carbocycles. The standard InChI is InChI=1S/C19H30N2O5Si/c1-19(2,3)27(5,6)26-14-17(21(23)24)16(20-18(22)25-4)13-12-15-10-8-7-9-11-15/h7-13,16-17H,14H2,1-6H3,(H,20,22)/b13-12+/t16-,17+/m1/s1. The molecule has 7 nitrogen and oxygen atoms in total. The predicted octanol–water partition coefficient (Wildman–Crippen LogP) is 4.09. The Balaban J connectivity index is 3.04. The maximum Gasteiger partial charge on any atom is 0.407 e. The van der Waals surface area contributed by atoms with Crippen molar-refractivity contribution in [1.82, 2.24) is 5.32 Å². The van der Waals surface area contributed by atoms with E-state index >= 15 is 0 Å². The fourth-order valence-electron chi connectivity index (χ4n) is 2.05. The van der Waals surface area contributed by atoms with E-state index in [0.717, 1.165) is 5.56 Å². The molecular formula is C19H30N2O5Si. The summed E-state index contributed by atoms with van der Waals surface area (Å²) in [7, 11) is -0.944. The second kappa shape index (κ2) is 9.66. The normalized spacial score (nSPS) is 14.6. The van der Waals surface area contributed by atoms with Crippen molar-refractivity contribution in [2.24, 2.45) is 0 Å². The highest BCUT2D eigenvalue weighted by Gasteiger charge is 2.40. The number of hydrogen-bond donors (Lipinski definition) is 1. The van der Waals surface area contributed by atoms with Crippen LogP contribution in [0.15, 0.2) is 36.4 Å². The molecule has 8 heteroatoms. The molecule has 0 aromatic heterocycles. The summed E-state index contributed by atoms with van der Waals surface area (Å²) in [6.07, 6.45) is 2.62. The molecule has 1 N–H and O–H groups in total. The quantitative estimate of drug-likeness (QED) is 0.407. The van der Waals surface area contributed by atoms with E-state index in [-0.39, 0.29) is 11.6 Å². The Kier molecular flexibility index (Phi) is 8.17. The minimum Gasteiger partial charge on any atom is -0.453 e. The van der Waals surface area contributed by atoms with Crippen LogP contribution < -0.4 is 5.32 Å². The number of nitro groups is 1. The second-order valence-electron chi connectivity index (χ2n) is 7.86. The van der Waals surface area contributed by atoms with Crippen molar-refractivity contribution in [2.45, 2.75) is 51.0 Å². The van der Waals surface area contributed by atoms with Crippen molar-refractivity contribution in [3.63, 3.8) is 0 Å². The summed E-state index contributed by atoms with van der Waals surface area (Å²) in [4.78, 5) is 23.0. The van der Waals surface area contributed by atoms with Crippen LogP contribution in [0.5, 0.6) is 0 Å². The van der Waals surface area contributed by atoms with Gasteiger partial charge in [0.25, 0.3) is 6.04 Å². The highest BCUT2D eigenvalue weighted by atomic mass is 28.4. The maximum absolute atomic E-state index is 11.7. The molecule has 0 aliphatic heterocycles. The van der Waals surface area contributed by atoms with E-state index in [2.05, 4.69) is 30.8 Å². The van der Waals surface area contributed by atoms with Gasteiger partial charge in [-0.2, -0.15) is 0 Å². The van der Waals surface area contributed by atoms with E-state index in [1.807, 2.05) is 43.4 Å². The van der Waals surface area contributed by atoms with Crippen molar-refractivity contribution >= 4 is 20.5 Å². The zero-order chi connectivity index (χ0) is 20.7. The fraction of sp³-hybridized carbons (Fsp3) is 0.526. The summed E-state index contributed by atoms with van der Waals surface area (Å²) in [5, 5.41) is 14.2. The number of carbonyl (C=O) groups is 1. The van der Waals surface area contributed by atoms with Crippen LogP contribution in [-0.4, -0.2) is 45.1 Å². The molecule has 1 aromatic rings. The molecule has 1 aromatic carbocycles. The Morgan fingerprint density at radius 1 is 1.30 bits per heavy atom. The number of nitrogens with one attached hydrogen (secondary N) is 1. The van der Waals surface area contributed by atoms with E-state index < -0.39 is 31.4 Å². The van der Waals surface area contributed by atoms with Crippen LogP contribution in [0.25, 0.3) is 6.08 Å². The smallest absolute Gasteiger partial charge is 0.407 e. The van der Waals surface area contributed by atoms with E-state index in [0.29, 0.717) is 0 Å². The number of ether oxygens (including phenoxy) is 1. The minimum atomic E-state index is -2.17. The van der Waals surface area contributed by atoms with Crippen LogP contribution >= 0.6 is 0 Å². The number of rotatable bonds is 8. The van der Waals surface area contributed by atoms with Crippen LogP contribution in [0, 0.1) is 10.1 Å². The van der Waals surface area contributed by atoms with Crippen molar-refractivity contribution in [3.05, 3.63) is 52.1 Å². The van der Waals surface area contributed by atoms with E-state index in [1.54, 1.807) is 12.2 Å². The number of carbonyl (C=O) groups excluding carboxylic acids is 1. The maximum atomic E-state index is 11.7. The average Bonchev–Trinajstić information content (AvgIpc) is 2.58. The first kappa shape index (κ1) is 22.8. The molecule has 150 valence electrons. The molecule has 0 fully saturated rings. The zero-order valence-corrected chi connectivity index (χ0v) is 17.9. The summed E-state index contributed by atoms with van der Waals surface area (Å²) in [6, 6.07) is 7.38. The first-order valence-electron chi connectivity index (χ1n) is 8.83. The van der Waals surface area contributed by atoms with E-state index in [4.69, 9.17) is 4.43 Å². The lowest BCUT2D eigenvalue weighted by Gasteiger charge is -2.36. The van der Waals surface area contributed by atoms with Gasteiger partial charge in [0, 0.05) is 4.92 Å². The fourth-order valence-corrected chi connectivity index (χ4v) is 3.07. The first-order chi connectivity index (χ1) is 12.5. The Labute approximate surface area is 162 Å².